The van der Waals surface area contributed by atoms with Crippen LogP contribution in [-0.2, 0) is 23.9 Å². The van der Waals surface area contributed by atoms with Crippen LogP contribution in [0.2, 0.25) is 0 Å². The average molecular weight is 447 g/mol. The standard InChI is InChI=1S/C25H34O7/c1-14(26)31-13-21(32-15(2)27)25(30)10-8-19-18-6-5-16-11-17(28)7-9-23(16,3)22(18)20(29)12-24(19,25)4/h7,9,11,18-22,29-30H,5-6,8,10,12-13H2,1-4H3/t18-,19-,20-,21+,22+,23-,24-,25+/m0/s1. The van der Waals surface area contributed by atoms with Gasteiger partial charge in [-0.15, -0.1) is 0 Å². The van der Waals surface area contributed by atoms with Crippen LogP contribution in [0.3, 0.4) is 0 Å². The van der Waals surface area contributed by atoms with Crippen LogP contribution >= 0.6 is 0 Å². The van der Waals surface area contributed by atoms with Crippen LogP contribution in [0.1, 0.15) is 59.8 Å². The number of hydrogen-bond donors (Lipinski definition) is 2. The van der Waals surface area contributed by atoms with Crippen molar-refractivity contribution >= 4 is 17.7 Å². The molecule has 3 fully saturated rings. The lowest BCUT2D eigenvalue weighted by atomic mass is 9.46. The van der Waals surface area contributed by atoms with Gasteiger partial charge < -0.3 is 19.7 Å². The van der Waals surface area contributed by atoms with E-state index in [4.69, 9.17) is 9.47 Å². The van der Waals surface area contributed by atoms with E-state index in [0.29, 0.717) is 12.8 Å². The van der Waals surface area contributed by atoms with E-state index in [0.717, 1.165) is 24.8 Å². The molecule has 7 nitrogen and oxygen atoms in total. The van der Waals surface area contributed by atoms with E-state index >= 15 is 0 Å². The molecule has 176 valence electrons. The van der Waals surface area contributed by atoms with E-state index in [1.807, 2.05) is 13.0 Å². The van der Waals surface area contributed by atoms with E-state index in [1.54, 1.807) is 12.2 Å². The second-order valence-electron chi connectivity index (χ2n) is 10.6. The Morgan fingerprint density at radius 1 is 1.22 bits per heavy atom. The van der Waals surface area contributed by atoms with Crippen molar-refractivity contribution in [1.82, 2.24) is 0 Å². The van der Waals surface area contributed by atoms with Crippen LogP contribution in [0.25, 0.3) is 0 Å². The number of aliphatic hydroxyl groups is 2. The first-order valence-corrected chi connectivity index (χ1v) is 11.6. The predicted molar refractivity (Wildman–Crippen MR) is 115 cm³/mol. The van der Waals surface area contributed by atoms with Gasteiger partial charge in [-0.3, -0.25) is 14.4 Å². The van der Waals surface area contributed by atoms with Gasteiger partial charge in [-0.1, -0.05) is 25.5 Å². The van der Waals surface area contributed by atoms with Gasteiger partial charge in [-0.25, -0.2) is 0 Å². The van der Waals surface area contributed by atoms with Crippen LogP contribution in [0.4, 0.5) is 0 Å². The molecule has 0 saturated heterocycles. The molecule has 0 spiro atoms. The summed E-state index contributed by atoms with van der Waals surface area (Å²) < 4.78 is 10.6. The molecule has 0 amide bonds. The molecule has 0 bridgehead atoms. The summed E-state index contributed by atoms with van der Waals surface area (Å²) in [5.41, 5.74) is -1.43. The lowest BCUT2D eigenvalue weighted by molar-refractivity contribution is -0.218. The molecule has 0 heterocycles. The Kier molecular flexibility index (Phi) is 5.65. The third kappa shape index (κ3) is 3.36. The van der Waals surface area contributed by atoms with Crippen molar-refractivity contribution in [2.75, 3.05) is 6.61 Å². The summed E-state index contributed by atoms with van der Waals surface area (Å²) in [5.74, 6) is -0.838. The summed E-state index contributed by atoms with van der Waals surface area (Å²) >= 11 is 0. The van der Waals surface area contributed by atoms with Crippen LogP contribution in [-0.4, -0.2) is 52.4 Å². The molecule has 2 N–H and O–H groups in total. The number of fused-ring (bicyclic) bond motifs is 5. The molecule has 3 saturated carbocycles. The number of aliphatic hydroxyl groups excluding tert-OH is 1. The van der Waals surface area contributed by atoms with Gasteiger partial charge in [0.15, 0.2) is 11.9 Å². The lowest BCUT2D eigenvalue weighted by Gasteiger charge is -2.60. The number of hydrogen-bond acceptors (Lipinski definition) is 7. The van der Waals surface area contributed by atoms with E-state index < -0.39 is 35.2 Å². The van der Waals surface area contributed by atoms with E-state index in [-0.39, 0.29) is 35.6 Å². The van der Waals surface area contributed by atoms with Crippen molar-refractivity contribution in [3.63, 3.8) is 0 Å². The quantitative estimate of drug-likeness (QED) is 0.639. The van der Waals surface area contributed by atoms with Crippen LogP contribution in [0.15, 0.2) is 23.8 Å². The molecule has 8 atom stereocenters. The molecule has 4 aliphatic rings. The highest BCUT2D eigenvalue weighted by Crippen LogP contribution is 2.67. The van der Waals surface area contributed by atoms with Crippen molar-refractivity contribution < 1.29 is 34.1 Å². The molecule has 0 aliphatic heterocycles. The molecule has 32 heavy (non-hydrogen) atoms. The van der Waals surface area contributed by atoms with Crippen molar-refractivity contribution in [3.8, 4) is 0 Å². The minimum atomic E-state index is -1.42. The second kappa shape index (κ2) is 7.80. The minimum absolute atomic E-state index is 0.00370. The molecule has 7 heteroatoms. The van der Waals surface area contributed by atoms with Gasteiger partial charge in [0.1, 0.15) is 12.2 Å². The Morgan fingerprint density at radius 3 is 2.59 bits per heavy atom. The molecule has 0 aromatic rings. The Morgan fingerprint density at radius 2 is 1.94 bits per heavy atom. The van der Waals surface area contributed by atoms with Gasteiger partial charge in [0.25, 0.3) is 0 Å². The van der Waals surface area contributed by atoms with Crippen molar-refractivity contribution in [2.24, 2.45) is 28.6 Å². The van der Waals surface area contributed by atoms with Gasteiger partial charge in [0, 0.05) is 30.6 Å². The molecule has 0 unspecified atom stereocenters. The first-order valence-electron chi connectivity index (χ1n) is 11.6. The Hall–Kier alpha value is -1.99. The number of carbonyl (C=O) groups excluding carboxylic acids is 3. The SMILES string of the molecule is CC(=O)OC[C@@H](OC(C)=O)[C@]1(O)CC[C@H]2[C@@H]3CCC4=CC(=O)C=C[C@]4(C)[C@H]3[C@@H](O)C[C@@]21C. The fraction of sp³-hybridized carbons (Fsp3) is 0.720. The van der Waals surface area contributed by atoms with Gasteiger partial charge in [-0.05, 0) is 56.1 Å². The van der Waals surface area contributed by atoms with Crippen LogP contribution in [0, 0.1) is 28.6 Å². The summed E-state index contributed by atoms with van der Waals surface area (Å²) in [7, 11) is 0. The summed E-state index contributed by atoms with van der Waals surface area (Å²) in [4.78, 5) is 35.2. The zero-order valence-corrected chi connectivity index (χ0v) is 19.3. The maximum absolute atomic E-state index is 12.0. The largest absolute Gasteiger partial charge is 0.462 e. The molecule has 0 aromatic heterocycles. The molecule has 0 aromatic carbocycles. The molecule has 4 rings (SSSR count). The number of carbonyl (C=O) groups is 3. The smallest absolute Gasteiger partial charge is 0.303 e. The third-order valence-electron chi connectivity index (χ3n) is 8.99. The summed E-state index contributed by atoms with van der Waals surface area (Å²) in [5, 5.41) is 23.4. The summed E-state index contributed by atoms with van der Waals surface area (Å²) in [6.07, 6.45) is 6.69. The van der Waals surface area contributed by atoms with E-state index in [9.17, 15) is 24.6 Å². The van der Waals surface area contributed by atoms with Crippen LogP contribution < -0.4 is 0 Å². The maximum Gasteiger partial charge on any atom is 0.303 e. The van der Waals surface area contributed by atoms with E-state index in [1.165, 1.54) is 13.8 Å². The Bertz CT molecular complexity index is 891. The van der Waals surface area contributed by atoms with Gasteiger partial charge in [0.05, 0.1) is 6.10 Å². The number of allylic oxidation sites excluding steroid dienone is 4. The van der Waals surface area contributed by atoms with Gasteiger partial charge >= 0.3 is 11.9 Å². The van der Waals surface area contributed by atoms with Crippen LogP contribution in [0.5, 0.6) is 0 Å². The van der Waals surface area contributed by atoms with Gasteiger partial charge in [0.2, 0.25) is 0 Å². The zero-order chi connectivity index (χ0) is 23.5. The van der Waals surface area contributed by atoms with Gasteiger partial charge in [-0.2, -0.15) is 0 Å². The third-order valence-corrected chi connectivity index (χ3v) is 8.99. The highest BCUT2D eigenvalue weighted by molar-refractivity contribution is 6.01. The fourth-order valence-electron chi connectivity index (χ4n) is 7.56. The predicted octanol–water partition coefficient (Wildman–Crippen LogP) is 2.49. The van der Waals surface area contributed by atoms with Crippen molar-refractivity contribution in [2.45, 2.75) is 77.6 Å². The highest BCUT2D eigenvalue weighted by Gasteiger charge is 2.68. The minimum Gasteiger partial charge on any atom is -0.462 e. The Balaban J connectivity index is 1.68. The molecular formula is C25H34O7. The van der Waals surface area contributed by atoms with Crippen molar-refractivity contribution in [1.29, 1.82) is 0 Å². The molecule has 4 aliphatic carbocycles. The number of ketones is 1. The zero-order valence-electron chi connectivity index (χ0n) is 19.3. The Labute approximate surface area is 188 Å². The number of rotatable bonds is 4. The normalized spacial score (nSPS) is 43.4. The summed E-state index contributed by atoms with van der Waals surface area (Å²) in [6.45, 7) is 6.42. The lowest BCUT2D eigenvalue weighted by Crippen LogP contribution is -2.63. The monoisotopic (exact) mass is 446 g/mol. The maximum atomic E-state index is 12.0. The molecule has 0 radical (unpaired) electrons. The summed E-state index contributed by atoms with van der Waals surface area (Å²) in [6, 6.07) is 0. The number of esters is 2. The topological polar surface area (TPSA) is 110 Å². The molecular weight excluding hydrogens is 412 g/mol. The average Bonchev–Trinajstić information content (AvgIpc) is 2.96. The number of ether oxygens (including phenoxy) is 2. The first-order chi connectivity index (χ1) is 14.9. The highest BCUT2D eigenvalue weighted by atomic mass is 16.6. The second-order valence-corrected chi connectivity index (χ2v) is 10.6. The first kappa shape index (κ1) is 23.2. The van der Waals surface area contributed by atoms with E-state index in [2.05, 4.69) is 6.92 Å². The fourth-order valence-corrected chi connectivity index (χ4v) is 7.56. The van der Waals surface area contributed by atoms with Crippen molar-refractivity contribution in [3.05, 3.63) is 23.8 Å².